The number of aliphatic hydroxyl groups is 1. The average Bonchev–Trinajstić information content (AvgIpc) is 2.44. The van der Waals surface area contributed by atoms with Gasteiger partial charge in [0.25, 0.3) is 0 Å². The molecule has 0 saturated carbocycles. The van der Waals surface area contributed by atoms with E-state index in [1.165, 1.54) is 5.56 Å². The Hall–Kier alpha value is -1.75. The summed E-state index contributed by atoms with van der Waals surface area (Å²) in [5.74, 6) is 0.792. The van der Waals surface area contributed by atoms with Crippen LogP contribution in [-0.2, 0) is 0 Å². The number of hydrogen-bond donors (Lipinski definition) is 2. The van der Waals surface area contributed by atoms with Gasteiger partial charge in [-0.3, -0.25) is 0 Å². The number of rotatable bonds is 7. The van der Waals surface area contributed by atoms with E-state index in [4.69, 9.17) is 9.84 Å². The van der Waals surface area contributed by atoms with Crippen LogP contribution in [0.4, 0.5) is 4.79 Å². The Bertz CT molecular complexity index is 406. The summed E-state index contributed by atoms with van der Waals surface area (Å²) in [7, 11) is 0. The number of aliphatic hydroxyl groups excluding tert-OH is 1. The number of likely N-dealkylation sites (N-methyl/N-ethyl adjacent to an activating group) is 1. The molecule has 0 aliphatic carbocycles. The van der Waals surface area contributed by atoms with Crippen LogP contribution < -0.4 is 10.1 Å². The van der Waals surface area contributed by atoms with Gasteiger partial charge in [-0.25, -0.2) is 4.79 Å². The zero-order valence-electron chi connectivity index (χ0n) is 12.4. The van der Waals surface area contributed by atoms with Crippen LogP contribution in [0.15, 0.2) is 24.3 Å². The maximum absolute atomic E-state index is 11.8. The number of carbonyl (C=O) groups excluding carboxylic acids is 1. The molecule has 0 aliphatic rings. The van der Waals surface area contributed by atoms with E-state index in [2.05, 4.69) is 5.32 Å². The molecule has 0 fully saturated rings. The van der Waals surface area contributed by atoms with E-state index in [1.807, 2.05) is 45.0 Å². The molecule has 20 heavy (non-hydrogen) atoms. The second kappa shape index (κ2) is 8.43. The van der Waals surface area contributed by atoms with Crippen molar-refractivity contribution in [2.45, 2.75) is 26.9 Å². The monoisotopic (exact) mass is 280 g/mol. The Kier molecular flexibility index (Phi) is 6.87. The average molecular weight is 280 g/mol. The number of amides is 2. The highest BCUT2D eigenvalue weighted by Gasteiger charge is 2.12. The van der Waals surface area contributed by atoms with Crippen molar-refractivity contribution in [3.05, 3.63) is 29.8 Å². The minimum absolute atomic E-state index is 0.0311. The zero-order chi connectivity index (χ0) is 15.0. The number of benzene rings is 1. The molecular formula is C15H24N2O3. The van der Waals surface area contributed by atoms with Crippen LogP contribution in [0.1, 0.15) is 19.4 Å². The fraction of sp³-hybridized carbons (Fsp3) is 0.533. The van der Waals surface area contributed by atoms with Gasteiger partial charge in [0.15, 0.2) is 0 Å². The molecule has 2 amide bonds. The van der Waals surface area contributed by atoms with E-state index in [0.29, 0.717) is 19.6 Å². The van der Waals surface area contributed by atoms with E-state index in [1.54, 1.807) is 4.90 Å². The Morgan fingerprint density at radius 2 is 2.05 bits per heavy atom. The third kappa shape index (κ3) is 5.48. The summed E-state index contributed by atoms with van der Waals surface area (Å²) >= 11 is 0. The van der Waals surface area contributed by atoms with Crippen molar-refractivity contribution in [1.82, 2.24) is 10.2 Å². The van der Waals surface area contributed by atoms with E-state index >= 15 is 0 Å². The lowest BCUT2D eigenvalue weighted by Gasteiger charge is -2.22. The summed E-state index contributed by atoms with van der Waals surface area (Å²) in [5.41, 5.74) is 1.18. The Morgan fingerprint density at radius 1 is 1.40 bits per heavy atom. The van der Waals surface area contributed by atoms with Gasteiger partial charge in [-0.15, -0.1) is 0 Å². The number of ether oxygens (including phenoxy) is 1. The number of nitrogens with one attached hydrogen (secondary N) is 1. The predicted molar refractivity (Wildman–Crippen MR) is 79.0 cm³/mol. The maximum atomic E-state index is 11.8. The smallest absolute Gasteiger partial charge is 0.317 e. The van der Waals surface area contributed by atoms with Crippen LogP contribution in [0.3, 0.4) is 0 Å². The summed E-state index contributed by atoms with van der Waals surface area (Å²) in [6, 6.07) is 7.62. The van der Waals surface area contributed by atoms with Gasteiger partial charge in [-0.2, -0.15) is 0 Å². The maximum Gasteiger partial charge on any atom is 0.317 e. The number of urea groups is 1. The Balaban J connectivity index is 2.37. The van der Waals surface area contributed by atoms with Gasteiger partial charge in [-0.05, 0) is 32.9 Å². The topological polar surface area (TPSA) is 61.8 Å². The summed E-state index contributed by atoms with van der Waals surface area (Å²) in [5, 5.41) is 11.7. The molecule has 0 heterocycles. The lowest BCUT2D eigenvalue weighted by molar-refractivity contribution is 0.170. The van der Waals surface area contributed by atoms with Crippen molar-refractivity contribution in [2.24, 2.45) is 0 Å². The highest BCUT2D eigenvalue weighted by atomic mass is 16.5. The molecule has 1 aromatic rings. The van der Waals surface area contributed by atoms with Crippen LogP contribution >= 0.6 is 0 Å². The van der Waals surface area contributed by atoms with Crippen molar-refractivity contribution >= 4 is 6.03 Å². The van der Waals surface area contributed by atoms with Crippen LogP contribution in [0, 0.1) is 6.92 Å². The molecule has 0 spiro atoms. The minimum atomic E-state index is -0.180. The molecule has 0 bridgehead atoms. The quantitative estimate of drug-likeness (QED) is 0.800. The van der Waals surface area contributed by atoms with Gasteiger partial charge in [0, 0.05) is 13.1 Å². The number of carbonyl (C=O) groups is 1. The first kappa shape index (κ1) is 16.3. The minimum Gasteiger partial charge on any atom is -0.489 e. The van der Waals surface area contributed by atoms with Gasteiger partial charge < -0.3 is 20.1 Å². The molecular weight excluding hydrogens is 256 g/mol. The predicted octanol–water partition coefficient (Wildman–Crippen LogP) is 1.79. The van der Waals surface area contributed by atoms with Crippen molar-refractivity contribution < 1.29 is 14.6 Å². The van der Waals surface area contributed by atoms with E-state index < -0.39 is 0 Å². The lowest BCUT2D eigenvalue weighted by atomic mass is 10.2. The molecule has 1 unspecified atom stereocenters. The highest BCUT2D eigenvalue weighted by molar-refractivity contribution is 5.74. The van der Waals surface area contributed by atoms with Crippen LogP contribution in [-0.4, -0.2) is 48.4 Å². The SMILES string of the molecule is CCN(CCO)C(=O)NCC(C)Oc1ccc(C)cc1. The standard InChI is InChI=1S/C15H24N2O3/c1-4-17(9-10-18)15(19)16-11-13(3)20-14-7-5-12(2)6-8-14/h5-8,13,18H,4,9-11H2,1-3H3,(H,16,19). The van der Waals surface area contributed by atoms with Crippen molar-refractivity contribution in [3.63, 3.8) is 0 Å². The van der Waals surface area contributed by atoms with Gasteiger partial charge >= 0.3 is 6.03 Å². The summed E-state index contributed by atoms with van der Waals surface area (Å²) in [6.07, 6.45) is -0.116. The number of aryl methyl sites for hydroxylation is 1. The van der Waals surface area contributed by atoms with Crippen molar-refractivity contribution in [3.8, 4) is 5.75 Å². The van der Waals surface area contributed by atoms with Crippen molar-refractivity contribution in [2.75, 3.05) is 26.2 Å². The third-order valence-corrected chi connectivity index (χ3v) is 2.94. The first-order valence-electron chi connectivity index (χ1n) is 6.93. The Morgan fingerprint density at radius 3 is 2.60 bits per heavy atom. The van der Waals surface area contributed by atoms with E-state index in [9.17, 15) is 4.79 Å². The second-order valence-electron chi connectivity index (χ2n) is 4.73. The molecule has 1 aromatic carbocycles. The number of nitrogens with zero attached hydrogens (tertiary/aromatic N) is 1. The van der Waals surface area contributed by atoms with Gasteiger partial charge in [0.1, 0.15) is 11.9 Å². The highest BCUT2D eigenvalue weighted by Crippen LogP contribution is 2.12. The third-order valence-electron chi connectivity index (χ3n) is 2.94. The lowest BCUT2D eigenvalue weighted by Crippen LogP contribution is -2.44. The van der Waals surface area contributed by atoms with Gasteiger partial charge in [0.2, 0.25) is 0 Å². The molecule has 1 atom stereocenters. The second-order valence-corrected chi connectivity index (χ2v) is 4.73. The summed E-state index contributed by atoms with van der Waals surface area (Å²) < 4.78 is 5.71. The molecule has 0 radical (unpaired) electrons. The van der Waals surface area contributed by atoms with Crippen LogP contribution in [0.25, 0.3) is 0 Å². The number of hydrogen-bond acceptors (Lipinski definition) is 3. The van der Waals surface area contributed by atoms with Crippen LogP contribution in [0.2, 0.25) is 0 Å². The fourth-order valence-corrected chi connectivity index (χ4v) is 1.76. The Labute approximate surface area is 120 Å². The molecule has 5 heteroatoms. The summed E-state index contributed by atoms with van der Waals surface area (Å²) in [6.45, 7) is 7.11. The summed E-state index contributed by atoms with van der Waals surface area (Å²) in [4.78, 5) is 13.4. The first-order valence-corrected chi connectivity index (χ1v) is 6.93. The molecule has 5 nitrogen and oxygen atoms in total. The normalized spacial score (nSPS) is 11.8. The van der Waals surface area contributed by atoms with E-state index in [-0.39, 0.29) is 18.7 Å². The molecule has 112 valence electrons. The molecule has 1 rings (SSSR count). The molecule has 0 aromatic heterocycles. The largest absolute Gasteiger partial charge is 0.489 e. The van der Waals surface area contributed by atoms with Crippen LogP contribution in [0.5, 0.6) is 5.75 Å². The van der Waals surface area contributed by atoms with E-state index in [0.717, 1.165) is 5.75 Å². The first-order chi connectivity index (χ1) is 9.56. The van der Waals surface area contributed by atoms with Gasteiger partial charge in [-0.1, -0.05) is 17.7 Å². The zero-order valence-corrected chi connectivity index (χ0v) is 12.4. The molecule has 0 aliphatic heterocycles. The molecule has 2 N–H and O–H groups in total. The van der Waals surface area contributed by atoms with Gasteiger partial charge in [0.05, 0.1) is 13.2 Å². The molecule has 0 saturated heterocycles. The fourth-order valence-electron chi connectivity index (χ4n) is 1.76. The van der Waals surface area contributed by atoms with Crippen molar-refractivity contribution in [1.29, 1.82) is 0 Å².